The molecule has 59 heavy (non-hydrogen) atoms. The van der Waals surface area contributed by atoms with E-state index in [4.69, 9.17) is 24.3 Å². The summed E-state index contributed by atoms with van der Waals surface area (Å²) in [4.78, 5) is 34.9. The minimum Gasteiger partial charge on any atom is -0.462 e. The van der Waals surface area contributed by atoms with Crippen LogP contribution in [0.1, 0.15) is 181 Å². The van der Waals surface area contributed by atoms with Crippen molar-refractivity contribution in [2.45, 2.75) is 187 Å². The number of unbranched alkanes of at least 4 members (excludes halogenated alkanes) is 15. The minimum absolute atomic E-state index is 0.0395. The fourth-order valence-corrected chi connectivity index (χ4v) is 6.64. The van der Waals surface area contributed by atoms with Gasteiger partial charge in [0.15, 0.2) is 6.10 Å². The van der Waals surface area contributed by atoms with Crippen molar-refractivity contribution >= 4 is 19.8 Å². The van der Waals surface area contributed by atoms with Crippen LogP contribution in [0.4, 0.5) is 0 Å². The van der Waals surface area contributed by atoms with Crippen LogP contribution >= 0.6 is 7.82 Å². The van der Waals surface area contributed by atoms with E-state index in [0.29, 0.717) is 12.8 Å². The van der Waals surface area contributed by atoms with Gasteiger partial charge in [0.1, 0.15) is 6.61 Å². The van der Waals surface area contributed by atoms with Gasteiger partial charge in [0, 0.05) is 19.4 Å². The number of phosphoric acid groups is 1. The van der Waals surface area contributed by atoms with Crippen molar-refractivity contribution in [1.29, 1.82) is 0 Å². The van der Waals surface area contributed by atoms with E-state index in [0.717, 1.165) is 70.6 Å². The molecule has 0 fully saturated rings. The highest BCUT2D eigenvalue weighted by Crippen LogP contribution is 2.43. The Hall–Kier alpha value is -2.81. The zero-order valence-electron chi connectivity index (χ0n) is 37.2. The normalized spacial score (nSPS) is 14.0. The van der Waals surface area contributed by atoms with Gasteiger partial charge < -0.3 is 20.1 Å². The summed E-state index contributed by atoms with van der Waals surface area (Å²) >= 11 is 0. The number of carbonyl (C=O) groups excluding carboxylic acids is 2. The molecule has 0 heterocycles. The molecule has 3 N–H and O–H groups in total. The van der Waals surface area contributed by atoms with Gasteiger partial charge in [-0.25, -0.2) is 4.57 Å². The predicted octanol–water partition coefficient (Wildman–Crippen LogP) is 13.6. The van der Waals surface area contributed by atoms with Crippen LogP contribution in [0.5, 0.6) is 0 Å². The highest BCUT2D eigenvalue weighted by Gasteiger charge is 2.25. The molecule has 0 radical (unpaired) electrons. The molecule has 338 valence electrons. The molecule has 2 atom stereocenters. The summed E-state index contributed by atoms with van der Waals surface area (Å²) < 4.78 is 32.8. The third kappa shape index (κ3) is 44.6. The Morgan fingerprint density at radius 2 is 0.949 bits per heavy atom. The van der Waals surface area contributed by atoms with Gasteiger partial charge in [-0.1, -0.05) is 170 Å². The average molecular weight is 846 g/mol. The molecule has 0 aromatic rings. The Morgan fingerprint density at radius 1 is 0.525 bits per heavy atom. The zero-order valence-corrected chi connectivity index (χ0v) is 38.1. The zero-order chi connectivity index (χ0) is 43.2. The van der Waals surface area contributed by atoms with Crippen LogP contribution in [0.25, 0.3) is 0 Å². The molecule has 2 unspecified atom stereocenters. The average Bonchev–Trinajstić information content (AvgIpc) is 3.22. The Kier molecular flexibility index (Phi) is 42.6. The van der Waals surface area contributed by atoms with Crippen LogP contribution in [0.15, 0.2) is 85.1 Å². The Morgan fingerprint density at radius 3 is 1.44 bits per heavy atom. The molecule has 10 heteroatoms. The van der Waals surface area contributed by atoms with Crippen LogP contribution < -0.4 is 5.73 Å². The van der Waals surface area contributed by atoms with E-state index < -0.39 is 32.5 Å². The molecule has 0 aliphatic heterocycles. The number of esters is 2. The van der Waals surface area contributed by atoms with E-state index in [1.165, 1.54) is 70.6 Å². The van der Waals surface area contributed by atoms with Crippen LogP contribution in [0.3, 0.4) is 0 Å². The van der Waals surface area contributed by atoms with Crippen LogP contribution in [-0.4, -0.2) is 49.3 Å². The standard InChI is InChI=1S/C49H84NO8P/c1-3-5-7-9-11-13-15-17-19-21-22-23-24-26-27-29-31-33-35-37-39-41-48(51)55-45-47(46-57-59(53,54)56-44-43-50)58-49(52)42-40-38-36-34-32-30-28-25-20-18-16-14-12-10-8-6-4-2/h6,8,12,14-15,17-18,20-22,28,30,34,36,47H,3-5,7,9-11,13,16,19,23-27,29,31-33,35,37-46,50H2,1-2H3,(H,53,54)/b8-6-,14-12-,17-15-,20-18-,22-21-,30-28-,36-34-. The van der Waals surface area contributed by atoms with Crippen molar-refractivity contribution in [3.05, 3.63) is 85.1 Å². The summed E-state index contributed by atoms with van der Waals surface area (Å²) in [5.41, 5.74) is 5.35. The van der Waals surface area contributed by atoms with Crippen molar-refractivity contribution in [3.63, 3.8) is 0 Å². The van der Waals surface area contributed by atoms with Gasteiger partial charge in [-0.05, 0) is 83.5 Å². The first-order valence-corrected chi connectivity index (χ1v) is 24.6. The lowest BCUT2D eigenvalue weighted by atomic mass is 10.1. The molecule has 9 nitrogen and oxygen atoms in total. The van der Waals surface area contributed by atoms with Gasteiger partial charge in [-0.3, -0.25) is 18.6 Å². The molecular weight excluding hydrogens is 762 g/mol. The van der Waals surface area contributed by atoms with Gasteiger partial charge in [-0.2, -0.15) is 0 Å². The van der Waals surface area contributed by atoms with E-state index in [1.807, 2.05) is 6.08 Å². The maximum atomic E-state index is 12.6. The SMILES string of the molecule is CC/C=C\C/C=C\C/C=C\C/C=C\C/C=C\CCCC(=O)OC(COC(=O)CCCCCCCCCCC/C=C\C/C=C\CCCCCCC)COP(=O)(O)OCCN. The van der Waals surface area contributed by atoms with E-state index in [9.17, 15) is 19.0 Å². The topological polar surface area (TPSA) is 134 Å². The van der Waals surface area contributed by atoms with E-state index in [2.05, 4.69) is 92.8 Å². The van der Waals surface area contributed by atoms with E-state index in [-0.39, 0.29) is 32.6 Å². The summed E-state index contributed by atoms with van der Waals surface area (Å²) in [6.07, 6.45) is 56.2. The maximum absolute atomic E-state index is 12.6. The molecule has 0 bridgehead atoms. The number of rotatable bonds is 42. The van der Waals surface area contributed by atoms with Crippen molar-refractivity contribution < 1.29 is 37.6 Å². The second kappa shape index (κ2) is 44.7. The lowest BCUT2D eigenvalue weighted by molar-refractivity contribution is -0.161. The number of carbonyl (C=O) groups is 2. The lowest BCUT2D eigenvalue weighted by Crippen LogP contribution is -2.29. The number of nitrogens with two attached hydrogens (primary N) is 1. The highest BCUT2D eigenvalue weighted by atomic mass is 31.2. The summed E-state index contributed by atoms with van der Waals surface area (Å²) in [7, 11) is -4.40. The smallest absolute Gasteiger partial charge is 0.462 e. The third-order valence-electron chi connectivity index (χ3n) is 9.27. The van der Waals surface area contributed by atoms with Crippen molar-refractivity contribution in [2.75, 3.05) is 26.4 Å². The number of ether oxygens (including phenoxy) is 2. The molecule has 0 saturated heterocycles. The van der Waals surface area contributed by atoms with Gasteiger partial charge >= 0.3 is 19.8 Å². The van der Waals surface area contributed by atoms with Gasteiger partial charge in [0.05, 0.1) is 13.2 Å². The molecule has 0 aliphatic carbocycles. The van der Waals surface area contributed by atoms with E-state index >= 15 is 0 Å². The van der Waals surface area contributed by atoms with Gasteiger partial charge in [-0.15, -0.1) is 0 Å². The van der Waals surface area contributed by atoms with E-state index in [1.54, 1.807) is 0 Å². The molecule has 0 spiro atoms. The Balaban J connectivity index is 4.20. The fraction of sp³-hybridized carbons (Fsp3) is 0.673. The largest absolute Gasteiger partial charge is 0.472 e. The number of allylic oxidation sites excluding steroid dienone is 14. The molecule has 0 amide bonds. The fourth-order valence-electron chi connectivity index (χ4n) is 5.88. The molecule has 0 aromatic heterocycles. The van der Waals surface area contributed by atoms with Gasteiger partial charge in [0.2, 0.25) is 0 Å². The van der Waals surface area contributed by atoms with Crippen molar-refractivity contribution in [2.24, 2.45) is 5.73 Å². The monoisotopic (exact) mass is 846 g/mol. The summed E-state index contributed by atoms with van der Waals surface area (Å²) in [5, 5.41) is 0. The van der Waals surface area contributed by atoms with Crippen LogP contribution in [0, 0.1) is 0 Å². The molecule has 0 aliphatic rings. The second-order valence-electron chi connectivity index (χ2n) is 14.9. The number of hydrogen-bond donors (Lipinski definition) is 2. The predicted molar refractivity (Wildman–Crippen MR) is 247 cm³/mol. The number of phosphoric ester groups is 1. The highest BCUT2D eigenvalue weighted by molar-refractivity contribution is 7.47. The van der Waals surface area contributed by atoms with Crippen LogP contribution in [-0.2, 0) is 32.7 Å². The molecule has 0 saturated carbocycles. The first kappa shape index (κ1) is 56.2. The third-order valence-corrected chi connectivity index (χ3v) is 10.2. The summed E-state index contributed by atoms with van der Waals surface area (Å²) in [6.45, 7) is 3.53. The Labute approximate surface area is 360 Å². The summed E-state index contributed by atoms with van der Waals surface area (Å²) in [6, 6.07) is 0. The maximum Gasteiger partial charge on any atom is 0.472 e. The van der Waals surface area contributed by atoms with Crippen LogP contribution in [0.2, 0.25) is 0 Å². The van der Waals surface area contributed by atoms with Gasteiger partial charge in [0.25, 0.3) is 0 Å². The lowest BCUT2D eigenvalue weighted by Gasteiger charge is -2.19. The Bertz CT molecular complexity index is 1240. The first-order valence-electron chi connectivity index (χ1n) is 23.1. The summed E-state index contributed by atoms with van der Waals surface area (Å²) in [5.74, 6) is -0.907. The molecule has 0 aromatic carbocycles. The first-order chi connectivity index (χ1) is 28.8. The van der Waals surface area contributed by atoms with Crippen molar-refractivity contribution in [1.82, 2.24) is 0 Å². The second-order valence-corrected chi connectivity index (χ2v) is 16.3. The molecular formula is C49H84NO8P. The number of hydrogen-bond acceptors (Lipinski definition) is 8. The van der Waals surface area contributed by atoms with Crippen molar-refractivity contribution in [3.8, 4) is 0 Å². The molecule has 0 rings (SSSR count). The quantitative estimate of drug-likeness (QED) is 0.0266. The minimum atomic E-state index is -4.40.